The van der Waals surface area contributed by atoms with E-state index in [4.69, 9.17) is 13.0 Å². The standard InChI is InChI=1S/Ba.H2O3S.2H/c;1-4(2)3;;/h;4H,(H,1,2,3);;. The van der Waals surface area contributed by atoms with Gasteiger partial charge >= 0.3 is 48.9 Å². The van der Waals surface area contributed by atoms with Crippen LogP contribution in [0.2, 0.25) is 0 Å². The van der Waals surface area contributed by atoms with Gasteiger partial charge in [-0.3, -0.25) is 4.55 Å². The van der Waals surface area contributed by atoms with Crippen LogP contribution in [-0.4, -0.2) is 61.9 Å². The Morgan fingerprint density at radius 3 is 1.40 bits per heavy atom. The molecule has 0 rings (SSSR count). The summed E-state index contributed by atoms with van der Waals surface area (Å²) in [5.74, 6) is 0. The molecular formula is H4BaO3S. The van der Waals surface area contributed by atoms with Crippen molar-refractivity contribution >= 4 is 59.9 Å². The Kier molecular flexibility index (Phi) is 10.6. The van der Waals surface area contributed by atoms with E-state index in [1.54, 1.807) is 0 Å². The zero-order chi connectivity index (χ0) is 3.58. The molecule has 0 aliphatic rings. The molecule has 0 aliphatic carbocycles. The van der Waals surface area contributed by atoms with Crippen LogP contribution in [0.1, 0.15) is 0 Å². The van der Waals surface area contributed by atoms with Crippen LogP contribution in [0, 0.1) is 0 Å². The molecule has 0 amide bonds. The van der Waals surface area contributed by atoms with E-state index in [-0.39, 0.29) is 48.9 Å². The monoisotopic (exact) mass is 222 g/mol. The molecule has 5 heavy (non-hydrogen) atoms. The summed E-state index contributed by atoms with van der Waals surface area (Å²) in [6.07, 6.45) is 0. The molecule has 0 aliphatic heterocycles. The van der Waals surface area contributed by atoms with Gasteiger partial charge in [-0.25, -0.2) is 8.42 Å². The van der Waals surface area contributed by atoms with Crippen molar-refractivity contribution in [1.82, 2.24) is 0 Å². The summed E-state index contributed by atoms with van der Waals surface area (Å²) >= 11 is 0. The van der Waals surface area contributed by atoms with Crippen molar-refractivity contribution in [2.75, 3.05) is 0 Å². The number of rotatable bonds is 0. The van der Waals surface area contributed by atoms with Crippen LogP contribution in [0.3, 0.4) is 0 Å². The van der Waals surface area contributed by atoms with E-state index in [0.29, 0.717) is 0 Å². The van der Waals surface area contributed by atoms with E-state index in [2.05, 4.69) is 0 Å². The molecule has 0 atom stereocenters. The van der Waals surface area contributed by atoms with E-state index >= 15 is 0 Å². The van der Waals surface area contributed by atoms with Gasteiger partial charge in [-0.05, 0) is 0 Å². The molecule has 0 spiro atoms. The third-order valence-corrected chi connectivity index (χ3v) is 0. The van der Waals surface area contributed by atoms with E-state index < -0.39 is 11.0 Å². The van der Waals surface area contributed by atoms with Gasteiger partial charge in [0.1, 0.15) is 0 Å². The van der Waals surface area contributed by atoms with Gasteiger partial charge in [-0.15, -0.1) is 0 Å². The molecule has 0 saturated carbocycles. The topological polar surface area (TPSA) is 54.4 Å². The minimum absolute atomic E-state index is 0. The molecule has 5 heteroatoms. The van der Waals surface area contributed by atoms with Gasteiger partial charge < -0.3 is 0 Å². The zero-order valence-electron chi connectivity index (χ0n) is 1.71. The van der Waals surface area contributed by atoms with Gasteiger partial charge in [-0.1, -0.05) is 0 Å². The molecule has 0 aromatic heterocycles. The Hall–Kier alpha value is 1.48. The molecule has 0 bridgehead atoms. The maximum absolute atomic E-state index is 8.59. The molecule has 1 N–H and O–H groups in total. The molecule has 0 aromatic rings. The predicted octanol–water partition coefficient (Wildman–Crippen LogP) is -1.85. The quantitative estimate of drug-likeness (QED) is 0.287. The second kappa shape index (κ2) is 5.48. The van der Waals surface area contributed by atoms with Gasteiger partial charge in [0.05, 0.1) is 0 Å². The van der Waals surface area contributed by atoms with E-state index in [9.17, 15) is 0 Å². The Balaban J connectivity index is 0. The Morgan fingerprint density at radius 2 is 1.40 bits per heavy atom. The first-order valence-corrected chi connectivity index (χ1v) is 1.70. The first kappa shape index (κ1) is 9.70. The van der Waals surface area contributed by atoms with Gasteiger partial charge in [0.25, 0.3) is 11.0 Å². The van der Waals surface area contributed by atoms with Crippen LogP contribution in [0.4, 0.5) is 0 Å². The summed E-state index contributed by atoms with van der Waals surface area (Å²) in [7, 11) is -3.12. The van der Waals surface area contributed by atoms with Crippen molar-refractivity contribution in [3.8, 4) is 0 Å². The molecule has 0 heterocycles. The van der Waals surface area contributed by atoms with Crippen molar-refractivity contribution in [2.24, 2.45) is 0 Å². The van der Waals surface area contributed by atoms with Crippen LogP contribution in [-0.2, 0) is 11.0 Å². The Morgan fingerprint density at radius 1 is 1.40 bits per heavy atom. The van der Waals surface area contributed by atoms with Gasteiger partial charge in [-0.2, -0.15) is 0 Å². The van der Waals surface area contributed by atoms with Crippen LogP contribution in [0.15, 0.2) is 0 Å². The Labute approximate surface area is 71.6 Å². The van der Waals surface area contributed by atoms with Crippen molar-refractivity contribution in [2.45, 2.75) is 0 Å². The van der Waals surface area contributed by atoms with E-state index in [1.165, 1.54) is 0 Å². The van der Waals surface area contributed by atoms with Crippen LogP contribution in [0.5, 0.6) is 0 Å². The first-order valence-electron chi connectivity index (χ1n) is 0.565. The van der Waals surface area contributed by atoms with Crippen molar-refractivity contribution < 1.29 is 13.0 Å². The number of thiol groups is 1. The normalized spacial score (nSPS) is 6.80. The fourth-order valence-electron chi connectivity index (χ4n) is 0. The van der Waals surface area contributed by atoms with Crippen molar-refractivity contribution in [3.63, 3.8) is 0 Å². The zero-order valence-corrected chi connectivity index (χ0v) is 2.61. The van der Waals surface area contributed by atoms with Gasteiger partial charge in [0.2, 0.25) is 0 Å². The molecule has 0 fully saturated rings. The first-order chi connectivity index (χ1) is 1.73. The Bertz CT molecular complexity index is 55.3. The van der Waals surface area contributed by atoms with Crippen LogP contribution in [0.25, 0.3) is 0 Å². The summed E-state index contributed by atoms with van der Waals surface area (Å²) in [5.41, 5.74) is 0. The third-order valence-electron chi connectivity index (χ3n) is 0. The van der Waals surface area contributed by atoms with E-state index in [1.807, 2.05) is 0 Å². The molecule has 0 radical (unpaired) electrons. The van der Waals surface area contributed by atoms with Gasteiger partial charge in [0.15, 0.2) is 0 Å². The summed E-state index contributed by atoms with van der Waals surface area (Å²) in [6.45, 7) is 0. The van der Waals surface area contributed by atoms with Crippen LogP contribution >= 0.6 is 0 Å². The van der Waals surface area contributed by atoms with E-state index in [0.717, 1.165) is 0 Å². The van der Waals surface area contributed by atoms with Gasteiger partial charge in [0, 0.05) is 0 Å². The fraction of sp³-hybridized carbons (Fsp3) is 0. The number of hydrogen-bond acceptors (Lipinski definition) is 2. The molecule has 0 aromatic carbocycles. The average molecular weight is 221 g/mol. The predicted molar refractivity (Wildman–Crippen MR) is 21.5 cm³/mol. The average Bonchev–Trinajstić information content (AvgIpc) is 0.811. The summed E-state index contributed by atoms with van der Waals surface area (Å²) in [5, 5.41) is 0. The molecular weight excluding hydrogens is 217 g/mol. The van der Waals surface area contributed by atoms with Crippen molar-refractivity contribution in [3.05, 3.63) is 0 Å². The van der Waals surface area contributed by atoms with Crippen molar-refractivity contribution in [1.29, 1.82) is 0 Å². The third kappa shape index (κ3) is 30.3. The molecule has 0 saturated heterocycles. The number of hydrogen-bond donors (Lipinski definition) is 2. The SMILES string of the molecule is O=[SH](=O)O.[BaH2]. The summed E-state index contributed by atoms with van der Waals surface area (Å²) < 4.78 is 24.2. The van der Waals surface area contributed by atoms with Crippen LogP contribution < -0.4 is 0 Å². The summed E-state index contributed by atoms with van der Waals surface area (Å²) in [6, 6.07) is 0. The maximum atomic E-state index is 8.59. The second-order valence-corrected chi connectivity index (χ2v) is 0.714. The molecule has 30 valence electrons. The minimum atomic E-state index is -3.12. The fourth-order valence-corrected chi connectivity index (χ4v) is 0. The molecule has 0 unspecified atom stereocenters. The summed E-state index contributed by atoms with van der Waals surface area (Å²) in [4.78, 5) is 0. The second-order valence-electron chi connectivity index (χ2n) is 0.238. The molecule has 3 nitrogen and oxygen atoms in total.